The van der Waals surface area contributed by atoms with Gasteiger partial charge in [0.25, 0.3) is 0 Å². The van der Waals surface area contributed by atoms with Crippen LogP contribution in [0.4, 0.5) is 0 Å². The zero-order valence-corrected chi connectivity index (χ0v) is 16.9. The standard InChI is InChI=1S/C28H22N2/c1-2-20-9-8-14-25(17-20)28-29-26(22-11-4-3-5-12-22)19-27(30-28)24-16-15-21-10-6-7-13-23(21)18-24/h3-19H,2H2,1H3. The molecule has 0 bridgehead atoms. The fourth-order valence-corrected chi connectivity index (χ4v) is 3.76. The first-order valence-corrected chi connectivity index (χ1v) is 10.3. The summed E-state index contributed by atoms with van der Waals surface area (Å²) in [4.78, 5) is 9.90. The summed E-state index contributed by atoms with van der Waals surface area (Å²) in [7, 11) is 0. The van der Waals surface area contributed by atoms with Crippen molar-refractivity contribution >= 4 is 10.8 Å². The molecule has 0 aliphatic carbocycles. The van der Waals surface area contributed by atoms with Gasteiger partial charge in [0.05, 0.1) is 11.4 Å². The largest absolute Gasteiger partial charge is 0.228 e. The molecule has 5 aromatic rings. The van der Waals surface area contributed by atoms with Crippen molar-refractivity contribution in [2.45, 2.75) is 13.3 Å². The van der Waals surface area contributed by atoms with Gasteiger partial charge in [-0.2, -0.15) is 0 Å². The first kappa shape index (κ1) is 18.3. The molecule has 0 fully saturated rings. The molecule has 2 nitrogen and oxygen atoms in total. The SMILES string of the molecule is CCc1cccc(-c2nc(-c3ccccc3)cc(-c3ccc4ccccc4c3)n2)c1. The van der Waals surface area contributed by atoms with E-state index in [2.05, 4.69) is 91.9 Å². The minimum atomic E-state index is 0.759. The molecule has 0 saturated carbocycles. The molecule has 0 spiro atoms. The molecule has 2 heteroatoms. The van der Waals surface area contributed by atoms with Crippen molar-refractivity contribution < 1.29 is 0 Å². The zero-order chi connectivity index (χ0) is 20.3. The molecule has 0 aliphatic rings. The molecule has 1 aromatic heterocycles. The molecule has 4 aromatic carbocycles. The van der Waals surface area contributed by atoms with E-state index in [1.54, 1.807) is 0 Å². The third-order valence-electron chi connectivity index (χ3n) is 5.43. The Morgan fingerprint density at radius 3 is 2.03 bits per heavy atom. The van der Waals surface area contributed by atoms with Crippen LogP contribution in [0.15, 0.2) is 103 Å². The van der Waals surface area contributed by atoms with E-state index in [1.807, 2.05) is 18.2 Å². The molecule has 0 atom stereocenters. The summed E-state index contributed by atoms with van der Waals surface area (Å²) in [6, 6.07) is 35.8. The summed E-state index contributed by atoms with van der Waals surface area (Å²) in [5, 5.41) is 2.44. The number of rotatable bonds is 4. The maximum absolute atomic E-state index is 4.97. The van der Waals surface area contributed by atoms with E-state index < -0.39 is 0 Å². The van der Waals surface area contributed by atoms with Crippen LogP contribution in [0.5, 0.6) is 0 Å². The van der Waals surface area contributed by atoms with Crippen molar-refractivity contribution in [3.63, 3.8) is 0 Å². The van der Waals surface area contributed by atoms with Crippen LogP contribution in [0, 0.1) is 0 Å². The van der Waals surface area contributed by atoms with Crippen LogP contribution in [0.3, 0.4) is 0 Å². The highest BCUT2D eigenvalue weighted by Gasteiger charge is 2.11. The lowest BCUT2D eigenvalue weighted by Gasteiger charge is -2.10. The first-order chi connectivity index (χ1) is 14.8. The van der Waals surface area contributed by atoms with Gasteiger partial charge in [-0.25, -0.2) is 9.97 Å². The molecular weight excluding hydrogens is 364 g/mol. The van der Waals surface area contributed by atoms with Crippen molar-refractivity contribution in [1.82, 2.24) is 9.97 Å². The van der Waals surface area contributed by atoms with Crippen molar-refractivity contribution in [2.24, 2.45) is 0 Å². The smallest absolute Gasteiger partial charge is 0.160 e. The van der Waals surface area contributed by atoms with Gasteiger partial charge >= 0.3 is 0 Å². The third-order valence-corrected chi connectivity index (χ3v) is 5.43. The van der Waals surface area contributed by atoms with Crippen LogP contribution >= 0.6 is 0 Å². The molecule has 144 valence electrons. The summed E-state index contributed by atoms with van der Waals surface area (Å²) in [6.45, 7) is 2.17. The summed E-state index contributed by atoms with van der Waals surface area (Å²) in [5.74, 6) is 0.759. The Kier molecular flexibility index (Phi) is 4.82. The Morgan fingerprint density at radius 1 is 0.533 bits per heavy atom. The number of fused-ring (bicyclic) bond motifs is 1. The van der Waals surface area contributed by atoms with Crippen LogP contribution in [0.1, 0.15) is 12.5 Å². The van der Waals surface area contributed by atoms with Gasteiger partial charge < -0.3 is 0 Å². The van der Waals surface area contributed by atoms with Gasteiger partial charge in [-0.3, -0.25) is 0 Å². The molecule has 0 unspecified atom stereocenters. The lowest BCUT2D eigenvalue weighted by molar-refractivity contribution is 1.13. The molecule has 0 N–H and O–H groups in total. The minimum Gasteiger partial charge on any atom is -0.228 e. The Labute approximate surface area is 176 Å². The van der Waals surface area contributed by atoms with E-state index in [0.29, 0.717) is 0 Å². The number of hydrogen-bond acceptors (Lipinski definition) is 2. The first-order valence-electron chi connectivity index (χ1n) is 10.3. The van der Waals surface area contributed by atoms with Gasteiger partial charge in [-0.1, -0.05) is 91.9 Å². The highest BCUT2D eigenvalue weighted by atomic mass is 14.9. The van der Waals surface area contributed by atoms with Crippen LogP contribution < -0.4 is 0 Å². The summed E-state index contributed by atoms with van der Waals surface area (Å²) in [5.41, 5.74) is 6.40. The highest BCUT2D eigenvalue weighted by Crippen LogP contribution is 2.29. The van der Waals surface area contributed by atoms with Crippen molar-refractivity contribution in [2.75, 3.05) is 0 Å². The molecular formula is C28H22N2. The molecule has 0 amide bonds. The number of benzene rings is 4. The highest BCUT2D eigenvalue weighted by molar-refractivity contribution is 5.87. The second-order valence-corrected chi connectivity index (χ2v) is 7.44. The monoisotopic (exact) mass is 386 g/mol. The van der Waals surface area contributed by atoms with Crippen LogP contribution in [0.25, 0.3) is 44.7 Å². The average molecular weight is 386 g/mol. The predicted octanol–water partition coefficient (Wildman–Crippen LogP) is 7.19. The van der Waals surface area contributed by atoms with E-state index in [0.717, 1.165) is 40.3 Å². The predicted molar refractivity (Wildman–Crippen MR) is 125 cm³/mol. The quantitative estimate of drug-likeness (QED) is 0.326. The summed E-state index contributed by atoms with van der Waals surface area (Å²) < 4.78 is 0. The number of aromatic nitrogens is 2. The van der Waals surface area contributed by atoms with E-state index >= 15 is 0 Å². The van der Waals surface area contributed by atoms with Crippen LogP contribution in [0.2, 0.25) is 0 Å². The Morgan fingerprint density at radius 2 is 1.23 bits per heavy atom. The molecule has 1 heterocycles. The Bertz CT molecular complexity index is 1320. The van der Waals surface area contributed by atoms with Crippen molar-refractivity contribution in [1.29, 1.82) is 0 Å². The summed E-state index contributed by atoms with van der Waals surface area (Å²) >= 11 is 0. The minimum absolute atomic E-state index is 0.759. The molecule has 0 saturated heterocycles. The fourth-order valence-electron chi connectivity index (χ4n) is 3.76. The lowest BCUT2D eigenvalue weighted by atomic mass is 10.0. The Balaban J connectivity index is 1.71. The Hall–Kier alpha value is -3.78. The van der Waals surface area contributed by atoms with Gasteiger partial charge in [0.1, 0.15) is 0 Å². The fraction of sp³-hybridized carbons (Fsp3) is 0.0714. The number of hydrogen-bond donors (Lipinski definition) is 0. The van der Waals surface area contributed by atoms with Gasteiger partial charge in [0.2, 0.25) is 0 Å². The van der Waals surface area contributed by atoms with Gasteiger partial charge in [-0.05, 0) is 41.0 Å². The molecule has 30 heavy (non-hydrogen) atoms. The van der Waals surface area contributed by atoms with E-state index in [-0.39, 0.29) is 0 Å². The van der Waals surface area contributed by atoms with Gasteiger partial charge in [0, 0.05) is 16.7 Å². The van der Waals surface area contributed by atoms with Crippen molar-refractivity contribution in [3.05, 3.63) is 109 Å². The van der Waals surface area contributed by atoms with Crippen LogP contribution in [-0.2, 0) is 6.42 Å². The second-order valence-electron chi connectivity index (χ2n) is 7.44. The number of nitrogens with zero attached hydrogens (tertiary/aromatic N) is 2. The normalized spacial score (nSPS) is 11.0. The van der Waals surface area contributed by atoms with E-state index in [4.69, 9.17) is 9.97 Å². The van der Waals surface area contributed by atoms with Gasteiger partial charge in [-0.15, -0.1) is 0 Å². The second kappa shape index (κ2) is 7.92. The topological polar surface area (TPSA) is 25.8 Å². The average Bonchev–Trinajstić information content (AvgIpc) is 2.84. The van der Waals surface area contributed by atoms with E-state index in [9.17, 15) is 0 Å². The molecule has 5 rings (SSSR count). The lowest BCUT2D eigenvalue weighted by Crippen LogP contribution is -1.96. The summed E-state index contributed by atoms with van der Waals surface area (Å²) in [6.07, 6.45) is 0.990. The number of aryl methyl sites for hydroxylation is 1. The maximum atomic E-state index is 4.97. The zero-order valence-electron chi connectivity index (χ0n) is 16.9. The van der Waals surface area contributed by atoms with Crippen LogP contribution in [-0.4, -0.2) is 9.97 Å². The maximum Gasteiger partial charge on any atom is 0.160 e. The third kappa shape index (κ3) is 3.60. The van der Waals surface area contributed by atoms with E-state index in [1.165, 1.54) is 16.3 Å². The molecule has 0 aliphatic heterocycles. The van der Waals surface area contributed by atoms with Gasteiger partial charge in [0.15, 0.2) is 5.82 Å². The molecule has 0 radical (unpaired) electrons. The van der Waals surface area contributed by atoms with Crippen molar-refractivity contribution in [3.8, 4) is 33.9 Å².